The van der Waals surface area contributed by atoms with Crippen molar-refractivity contribution in [3.05, 3.63) is 23.0 Å². The average Bonchev–Trinajstić information content (AvgIpc) is 2.36. The Bertz CT molecular complexity index is 515. The highest BCUT2D eigenvalue weighted by Crippen LogP contribution is 2.31. The highest BCUT2D eigenvalue weighted by molar-refractivity contribution is 5.99. The first-order valence-electron chi connectivity index (χ1n) is 7.18. The lowest BCUT2D eigenvalue weighted by Crippen LogP contribution is -2.47. The fourth-order valence-corrected chi connectivity index (χ4v) is 3.13. The minimum Gasteiger partial charge on any atom is -0.367 e. The Morgan fingerprint density at radius 3 is 2.80 bits per heavy atom. The molecule has 2 rings (SSSR count). The number of hydrogen-bond donors (Lipinski definition) is 2. The van der Waals surface area contributed by atoms with Gasteiger partial charge >= 0.3 is 0 Å². The van der Waals surface area contributed by atoms with Gasteiger partial charge in [0.2, 0.25) is 0 Å². The van der Waals surface area contributed by atoms with E-state index in [9.17, 15) is 4.79 Å². The van der Waals surface area contributed by atoms with E-state index in [0.717, 1.165) is 30.8 Å². The number of pyridine rings is 1. The van der Waals surface area contributed by atoms with Gasteiger partial charge in [-0.3, -0.25) is 9.78 Å². The summed E-state index contributed by atoms with van der Waals surface area (Å²) in [4.78, 5) is 18.4. The van der Waals surface area contributed by atoms with Gasteiger partial charge in [0, 0.05) is 24.8 Å². The van der Waals surface area contributed by atoms with Crippen molar-refractivity contribution in [1.29, 1.82) is 0 Å². The van der Waals surface area contributed by atoms with Crippen LogP contribution in [0.2, 0.25) is 0 Å². The number of primary amides is 1. The van der Waals surface area contributed by atoms with Crippen LogP contribution in [-0.2, 0) is 0 Å². The molecular weight excluding hydrogens is 252 g/mol. The second-order valence-corrected chi connectivity index (χ2v) is 5.82. The van der Waals surface area contributed by atoms with E-state index >= 15 is 0 Å². The van der Waals surface area contributed by atoms with Gasteiger partial charge in [-0.2, -0.15) is 0 Å². The van der Waals surface area contributed by atoms with E-state index in [-0.39, 0.29) is 6.04 Å². The summed E-state index contributed by atoms with van der Waals surface area (Å²) in [5.41, 5.74) is 14.5. The first-order chi connectivity index (χ1) is 9.43. The summed E-state index contributed by atoms with van der Waals surface area (Å²) in [7, 11) is 0. The van der Waals surface area contributed by atoms with Crippen LogP contribution in [0.3, 0.4) is 0 Å². The largest absolute Gasteiger partial charge is 0.367 e. The fourth-order valence-electron chi connectivity index (χ4n) is 3.13. The number of nitrogens with two attached hydrogens (primary N) is 2. The Hall–Kier alpha value is -1.62. The highest BCUT2D eigenvalue weighted by Gasteiger charge is 2.29. The van der Waals surface area contributed by atoms with Crippen LogP contribution in [-0.4, -0.2) is 30.0 Å². The molecular formula is C15H24N4O. The lowest BCUT2D eigenvalue weighted by molar-refractivity contribution is 0.0999. The number of amides is 1. The van der Waals surface area contributed by atoms with Crippen molar-refractivity contribution in [3.63, 3.8) is 0 Å². The molecule has 2 atom stereocenters. The van der Waals surface area contributed by atoms with E-state index in [4.69, 9.17) is 11.5 Å². The molecule has 1 fully saturated rings. The van der Waals surface area contributed by atoms with E-state index in [1.165, 1.54) is 0 Å². The van der Waals surface area contributed by atoms with Crippen molar-refractivity contribution in [3.8, 4) is 0 Å². The predicted octanol–water partition coefficient (Wildman–Crippen LogP) is 1.36. The number of aromatic nitrogens is 1. The molecule has 0 radical (unpaired) electrons. The van der Waals surface area contributed by atoms with Gasteiger partial charge in [0.15, 0.2) is 0 Å². The standard InChI is InChI=1S/C15H24N4O/c1-9-4-5-19(12(6-9)8-16)13-7-10(2)18-11(3)14(13)15(17)20/h7,9,12H,4-6,8,16H2,1-3H3,(H2,17,20). The zero-order chi connectivity index (χ0) is 14.9. The molecule has 20 heavy (non-hydrogen) atoms. The predicted molar refractivity (Wildman–Crippen MR) is 80.8 cm³/mol. The third-order valence-corrected chi connectivity index (χ3v) is 4.11. The van der Waals surface area contributed by atoms with E-state index in [2.05, 4.69) is 16.8 Å². The summed E-state index contributed by atoms with van der Waals surface area (Å²) >= 11 is 0. The van der Waals surface area contributed by atoms with E-state index < -0.39 is 5.91 Å². The third-order valence-electron chi connectivity index (χ3n) is 4.11. The zero-order valence-electron chi connectivity index (χ0n) is 12.5. The van der Waals surface area contributed by atoms with Crippen LogP contribution >= 0.6 is 0 Å². The topological polar surface area (TPSA) is 85.2 Å². The molecule has 1 amide bonds. The van der Waals surface area contributed by atoms with Crippen molar-refractivity contribution in [2.24, 2.45) is 17.4 Å². The molecule has 0 saturated carbocycles. The maximum absolute atomic E-state index is 11.8. The Kier molecular flexibility index (Phi) is 4.28. The normalized spacial score (nSPS) is 22.9. The summed E-state index contributed by atoms with van der Waals surface area (Å²) in [6.07, 6.45) is 2.16. The Labute approximate surface area is 120 Å². The van der Waals surface area contributed by atoms with Gasteiger partial charge in [0.25, 0.3) is 5.91 Å². The van der Waals surface area contributed by atoms with Gasteiger partial charge in [0.1, 0.15) is 0 Å². The molecule has 0 aliphatic carbocycles. The molecule has 2 heterocycles. The van der Waals surface area contributed by atoms with Crippen molar-refractivity contribution < 1.29 is 4.79 Å². The molecule has 2 unspecified atom stereocenters. The molecule has 0 aromatic carbocycles. The SMILES string of the molecule is Cc1cc(N2CCC(C)CC2CN)c(C(N)=O)c(C)n1. The quantitative estimate of drug-likeness (QED) is 0.873. The Morgan fingerprint density at radius 2 is 2.20 bits per heavy atom. The Morgan fingerprint density at radius 1 is 1.50 bits per heavy atom. The number of carbonyl (C=O) groups excluding carboxylic acids is 1. The molecule has 4 N–H and O–H groups in total. The second-order valence-electron chi connectivity index (χ2n) is 5.82. The molecule has 0 spiro atoms. The average molecular weight is 276 g/mol. The fraction of sp³-hybridized carbons (Fsp3) is 0.600. The molecule has 1 aliphatic rings. The first-order valence-corrected chi connectivity index (χ1v) is 7.18. The lowest BCUT2D eigenvalue weighted by atomic mass is 9.91. The molecule has 1 saturated heterocycles. The van der Waals surface area contributed by atoms with Gasteiger partial charge in [-0.05, 0) is 38.7 Å². The number of aryl methyl sites for hydroxylation is 2. The van der Waals surface area contributed by atoms with Gasteiger partial charge in [0.05, 0.1) is 16.9 Å². The van der Waals surface area contributed by atoms with Gasteiger partial charge < -0.3 is 16.4 Å². The molecule has 5 nitrogen and oxygen atoms in total. The van der Waals surface area contributed by atoms with Gasteiger partial charge in [-0.1, -0.05) is 6.92 Å². The molecule has 110 valence electrons. The lowest BCUT2D eigenvalue weighted by Gasteiger charge is -2.40. The summed E-state index contributed by atoms with van der Waals surface area (Å²) < 4.78 is 0. The second kappa shape index (κ2) is 5.79. The molecule has 1 aliphatic heterocycles. The molecule has 1 aromatic heterocycles. The minimum atomic E-state index is -0.417. The molecule has 5 heteroatoms. The monoisotopic (exact) mass is 276 g/mol. The maximum Gasteiger partial charge on any atom is 0.252 e. The number of piperidine rings is 1. The molecule has 1 aromatic rings. The number of nitrogens with zero attached hydrogens (tertiary/aromatic N) is 2. The summed E-state index contributed by atoms with van der Waals surface area (Å²) in [5.74, 6) is 0.250. The van der Waals surface area contributed by atoms with Crippen molar-refractivity contribution in [2.45, 2.75) is 39.7 Å². The first kappa shape index (κ1) is 14.8. The van der Waals surface area contributed by atoms with Gasteiger partial charge in [-0.15, -0.1) is 0 Å². The van der Waals surface area contributed by atoms with Crippen LogP contribution < -0.4 is 16.4 Å². The van der Waals surface area contributed by atoms with Crippen LogP contribution in [0.5, 0.6) is 0 Å². The van der Waals surface area contributed by atoms with Crippen LogP contribution in [0.25, 0.3) is 0 Å². The smallest absolute Gasteiger partial charge is 0.252 e. The minimum absolute atomic E-state index is 0.262. The Balaban J connectivity index is 2.47. The van der Waals surface area contributed by atoms with Crippen LogP contribution in [0.1, 0.15) is 41.5 Å². The van der Waals surface area contributed by atoms with E-state index in [1.807, 2.05) is 19.9 Å². The van der Waals surface area contributed by atoms with E-state index in [1.54, 1.807) is 0 Å². The number of carbonyl (C=O) groups is 1. The highest BCUT2D eigenvalue weighted by atomic mass is 16.1. The number of hydrogen-bond acceptors (Lipinski definition) is 4. The maximum atomic E-state index is 11.8. The number of rotatable bonds is 3. The van der Waals surface area contributed by atoms with Crippen LogP contribution in [0, 0.1) is 19.8 Å². The molecule has 0 bridgehead atoms. The van der Waals surface area contributed by atoms with Crippen LogP contribution in [0.15, 0.2) is 6.07 Å². The summed E-state index contributed by atoms with van der Waals surface area (Å²) in [6, 6.07) is 2.21. The van der Waals surface area contributed by atoms with Gasteiger partial charge in [-0.25, -0.2) is 0 Å². The third kappa shape index (κ3) is 2.77. The summed E-state index contributed by atoms with van der Waals surface area (Å²) in [6.45, 7) is 7.51. The van der Waals surface area contributed by atoms with E-state index in [0.29, 0.717) is 23.7 Å². The zero-order valence-corrected chi connectivity index (χ0v) is 12.5. The summed E-state index contributed by atoms with van der Waals surface area (Å²) in [5, 5.41) is 0. The van der Waals surface area contributed by atoms with Crippen molar-refractivity contribution >= 4 is 11.6 Å². The van der Waals surface area contributed by atoms with Crippen LogP contribution in [0.4, 0.5) is 5.69 Å². The van der Waals surface area contributed by atoms with Crippen molar-refractivity contribution in [1.82, 2.24) is 4.98 Å². The number of anilines is 1. The van der Waals surface area contributed by atoms with Crippen molar-refractivity contribution in [2.75, 3.05) is 18.0 Å².